The molecule has 1 atom stereocenters. The van der Waals surface area contributed by atoms with Gasteiger partial charge in [-0.15, -0.1) is 0 Å². The van der Waals surface area contributed by atoms with E-state index in [1.807, 2.05) is 67.7 Å². The zero-order valence-corrected chi connectivity index (χ0v) is 18.8. The number of benzene rings is 2. The molecular weight excluding hydrogens is 444 g/mol. The number of fused-ring (bicyclic) bond motifs is 1. The zero-order chi connectivity index (χ0) is 22.3. The topological polar surface area (TPSA) is 83.6 Å². The number of thiophene rings is 1. The summed E-state index contributed by atoms with van der Waals surface area (Å²) in [5.41, 5.74) is 4.02. The number of hydrogen-bond acceptors (Lipinski definition) is 6. The van der Waals surface area contributed by atoms with Crippen molar-refractivity contribution in [3.05, 3.63) is 88.4 Å². The predicted octanol–water partition coefficient (Wildman–Crippen LogP) is 5.10. The molecule has 0 fully saturated rings. The maximum atomic E-state index is 11.6. The lowest BCUT2D eigenvalue weighted by Crippen LogP contribution is -2.34. The van der Waals surface area contributed by atoms with Crippen molar-refractivity contribution in [1.29, 1.82) is 0 Å². The molecule has 0 aliphatic carbocycles. The highest BCUT2D eigenvalue weighted by molar-refractivity contribution is 7.92. The monoisotopic (exact) mass is 464 g/mol. The molecule has 0 aliphatic heterocycles. The van der Waals surface area contributed by atoms with Crippen LogP contribution >= 0.6 is 23.6 Å². The van der Waals surface area contributed by atoms with Gasteiger partial charge in [-0.05, 0) is 42.8 Å². The minimum absolute atomic E-state index is 0.299. The minimum atomic E-state index is -0.976. The van der Waals surface area contributed by atoms with Crippen LogP contribution in [0.15, 0.2) is 66.9 Å². The average Bonchev–Trinajstić information content (AvgIpc) is 3.42. The van der Waals surface area contributed by atoms with Gasteiger partial charge < -0.3 is 15.0 Å². The van der Waals surface area contributed by atoms with E-state index in [-0.39, 0.29) is 0 Å². The number of para-hydroxylation sites is 1. The first-order valence-electron chi connectivity index (χ1n) is 9.80. The van der Waals surface area contributed by atoms with E-state index in [0.29, 0.717) is 11.5 Å². The molecule has 0 saturated carbocycles. The van der Waals surface area contributed by atoms with Gasteiger partial charge in [0.25, 0.3) is 0 Å². The molecule has 2 aromatic heterocycles. The predicted molar refractivity (Wildman–Crippen MR) is 127 cm³/mol. The Morgan fingerprint density at radius 1 is 1.16 bits per heavy atom. The van der Waals surface area contributed by atoms with Crippen molar-refractivity contribution in [1.82, 2.24) is 9.71 Å². The summed E-state index contributed by atoms with van der Waals surface area (Å²) < 4.78 is 7.88. The lowest BCUT2D eigenvalue weighted by molar-refractivity contribution is -0.139. The summed E-state index contributed by atoms with van der Waals surface area (Å²) in [7, 11) is 0. The number of aromatic nitrogens is 1. The molecule has 6 nitrogen and oxygen atoms in total. The average molecular weight is 465 g/mol. The highest BCUT2D eigenvalue weighted by Crippen LogP contribution is 2.25. The molecule has 0 unspecified atom stereocenters. The summed E-state index contributed by atoms with van der Waals surface area (Å²) >= 11 is 2.08. The quantitative estimate of drug-likeness (QED) is 0.0841. The van der Waals surface area contributed by atoms with Crippen LogP contribution in [0.2, 0.25) is 0 Å². The van der Waals surface area contributed by atoms with Crippen molar-refractivity contribution in [3.8, 4) is 16.9 Å². The van der Waals surface area contributed by atoms with E-state index in [0.717, 1.165) is 39.1 Å². The number of aryl methyl sites for hydroxylation is 1. The fourth-order valence-electron chi connectivity index (χ4n) is 3.03. The largest absolute Gasteiger partial charge is 0.480 e. The van der Waals surface area contributed by atoms with Crippen molar-refractivity contribution in [2.24, 2.45) is 0 Å². The maximum Gasteiger partial charge on any atom is 0.321 e. The fourth-order valence-corrected chi connectivity index (χ4v) is 4.18. The lowest BCUT2D eigenvalue weighted by atomic mass is 10.1. The Morgan fingerprint density at radius 2 is 1.97 bits per heavy atom. The molecule has 2 heterocycles. The Balaban J connectivity index is 1.27. The van der Waals surface area contributed by atoms with Crippen LogP contribution in [0, 0.1) is 18.8 Å². The Hall–Kier alpha value is -3.22. The standard InChI is InChI=1S/C24H20N2O4S2/c1-16-6-8-17(9-7-16)10-11-19-12-13-23(31-19)29-30-32-26-22(24(27)28)14-18-15-25-21-5-3-2-4-20(18)21/h2-9,12-13,15,22,25-26H,14H2,1H3,(H,27,28)/t22-/m1/s1. The summed E-state index contributed by atoms with van der Waals surface area (Å²) in [6.07, 6.45) is 2.13. The van der Waals surface area contributed by atoms with Gasteiger partial charge in [0.05, 0.1) is 4.88 Å². The normalized spacial score (nSPS) is 11.7. The van der Waals surface area contributed by atoms with Gasteiger partial charge in [-0.1, -0.05) is 63.4 Å². The van der Waals surface area contributed by atoms with Crippen LogP contribution in [0.1, 0.15) is 21.6 Å². The molecule has 8 heteroatoms. The van der Waals surface area contributed by atoms with Crippen LogP contribution in [-0.4, -0.2) is 22.1 Å². The van der Waals surface area contributed by atoms with Gasteiger partial charge in [-0.3, -0.25) is 4.79 Å². The number of carboxylic acids is 1. The van der Waals surface area contributed by atoms with Crippen LogP contribution in [0.5, 0.6) is 5.06 Å². The first-order chi connectivity index (χ1) is 15.6. The first-order valence-corrected chi connectivity index (χ1v) is 11.4. The molecule has 0 spiro atoms. The highest BCUT2D eigenvalue weighted by Gasteiger charge is 2.20. The first kappa shape index (κ1) is 22.0. The second-order valence-corrected chi connectivity index (χ2v) is 8.63. The third-order valence-corrected chi connectivity index (χ3v) is 6.08. The van der Waals surface area contributed by atoms with Gasteiger partial charge in [0.2, 0.25) is 5.06 Å². The number of H-pyrrole nitrogens is 1. The molecule has 4 rings (SSSR count). The molecule has 0 amide bonds. The number of nitrogens with one attached hydrogen (secondary N) is 2. The van der Waals surface area contributed by atoms with E-state index in [4.69, 9.17) is 9.22 Å². The van der Waals surface area contributed by atoms with E-state index in [2.05, 4.69) is 21.5 Å². The summed E-state index contributed by atoms with van der Waals surface area (Å²) in [6.45, 7) is 2.04. The zero-order valence-electron chi connectivity index (χ0n) is 17.1. The molecule has 0 bridgehead atoms. The van der Waals surface area contributed by atoms with Gasteiger partial charge in [0, 0.05) is 29.1 Å². The lowest BCUT2D eigenvalue weighted by Gasteiger charge is -2.12. The summed E-state index contributed by atoms with van der Waals surface area (Å²) in [6, 6.07) is 18.5. The molecule has 0 aliphatic rings. The van der Waals surface area contributed by atoms with Crippen molar-refractivity contribution in [2.75, 3.05) is 0 Å². The minimum Gasteiger partial charge on any atom is -0.480 e. The van der Waals surface area contributed by atoms with Gasteiger partial charge in [0.15, 0.2) is 0 Å². The fraction of sp³-hybridized carbons (Fsp3) is 0.125. The third kappa shape index (κ3) is 5.72. The van der Waals surface area contributed by atoms with E-state index in [1.54, 1.807) is 6.07 Å². The molecular formula is C24H20N2O4S2. The molecule has 162 valence electrons. The smallest absolute Gasteiger partial charge is 0.321 e. The molecule has 2 aromatic carbocycles. The number of carbonyl (C=O) groups is 1. The SMILES string of the molecule is Cc1ccc(C#Cc2ccc(OOSN[C@H](Cc3c[nH]c4ccccc34)C(=O)O)s2)cc1. The van der Waals surface area contributed by atoms with E-state index in [9.17, 15) is 9.90 Å². The third-order valence-electron chi connectivity index (χ3n) is 4.70. The summed E-state index contributed by atoms with van der Waals surface area (Å²) in [5, 5.41) is 11.1. The maximum absolute atomic E-state index is 11.6. The van der Waals surface area contributed by atoms with Crippen LogP contribution in [0.4, 0.5) is 0 Å². The molecule has 0 radical (unpaired) electrons. The molecule has 0 saturated heterocycles. The Bertz CT molecular complexity index is 1270. The Morgan fingerprint density at radius 3 is 2.78 bits per heavy atom. The Labute approximate surface area is 193 Å². The Kier molecular flexibility index (Phi) is 7.14. The van der Waals surface area contributed by atoms with E-state index < -0.39 is 12.0 Å². The number of hydrogen-bond donors (Lipinski definition) is 3. The van der Waals surface area contributed by atoms with Gasteiger partial charge in [0.1, 0.15) is 18.3 Å². The van der Waals surface area contributed by atoms with Crippen LogP contribution < -0.4 is 9.61 Å². The number of aromatic amines is 1. The van der Waals surface area contributed by atoms with E-state index in [1.165, 1.54) is 16.9 Å². The van der Waals surface area contributed by atoms with Gasteiger partial charge in [-0.25, -0.2) is 4.72 Å². The molecule has 3 N–H and O–H groups in total. The van der Waals surface area contributed by atoms with Crippen LogP contribution in [-0.2, 0) is 15.5 Å². The second-order valence-electron chi connectivity index (χ2n) is 7.04. The molecule has 4 aromatic rings. The second kappa shape index (κ2) is 10.4. The summed E-state index contributed by atoms with van der Waals surface area (Å²) in [5.74, 6) is 5.23. The highest BCUT2D eigenvalue weighted by atomic mass is 32.2. The van der Waals surface area contributed by atoms with Crippen LogP contribution in [0.3, 0.4) is 0 Å². The van der Waals surface area contributed by atoms with Crippen molar-refractivity contribution >= 4 is 40.4 Å². The summed E-state index contributed by atoms with van der Waals surface area (Å²) in [4.78, 5) is 20.9. The number of aliphatic carboxylic acids is 1. The van der Waals surface area contributed by atoms with Crippen molar-refractivity contribution in [2.45, 2.75) is 19.4 Å². The van der Waals surface area contributed by atoms with Crippen LogP contribution in [0.25, 0.3) is 10.9 Å². The van der Waals surface area contributed by atoms with Gasteiger partial charge in [-0.2, -0.15) is 0 Å². The van der Waals surface area contributed by atoms with E-state index >= 15 is 0 Å². The van der Waals surface area contributed by atoms with Crippen molar-refractivity contribution in [3.63, 3.8) is 0 Å². The number of rotatable bonds is 8. The molecule has 32 heavy (non-hydrogen) atoms. The van der Waals surface area contributed by atoms with Gasteiger partial charge >= 0.3 is 5.97 Å². The van der Waals surface area contributed by atoms with Crippen molar-refractivity contribution < 1.29 is 19.1 Å². The number of carboxylic acid groups (broad SMARTS) is 1.